The van der Waals surface area contributed by atoms with Crippen molar-refractivity contribution in [3.8, 4) is 5.75 Å². The Kier molecular flexibility index (Phi) is 4.71. The largest absolute Gasteiger partial charge is 0.483 e. The predicted molar refractivity (Wildman–Crippen MR) is 83.6 cm³/mol. The van der Waals surface area contributed by atoms with Crippen LogP contribution in [-0.2, 0) is 4.74 Å². The molecule has 2 unspecified atom stereocenters. The second-order valence-electron chi connectivity index (χ2n) is 5.47. The molecule has 3 nitrogen and oxygen atoms in total. The van der Waals surface area contributed by atoms with E-state index in [9.17, 15) is 4.39 Å². The van der Waals surface area contributed by atoms with E-state index in [1.54, 1.807) is 6.07 Å². The van der Waals surface area contributed by atoms with Crippen LogP contribution in [0.5, 0.6) is 5.75 Å². The summed E-state index contributed by atoms with van der Waals surface area (Å²) in [5.74, 6) is 0.533. The van der Waals surface area contributed by atoms with Gasteiger partial charge in [-0.25, -0.2) is 4.39 Å². The summed E-state index contributed by atoms with van der Waals surface area (Å²) in [6.07, 6.45) is -0.486. The van der Waals surface area contributed by atoms with Crippen molar-refractivity contribution in [1.82, 2.24) is 5.32 Å². The fraction of sp³-hybridized carbons (Fsp3) is 0.333. The molecule has 2 atom stereocenters. The van der Waals surface area contributed by atoms with Crippen molar-refractivity contribution in [2.45, 2.75) is 19.1 Å². The van der Waals surface area contributed by atoms with Gasteiger partial charge in [0.2, 0.25) is 0 Å². The van der Waals surface area contributed by atoms with E-state index in [0.29, 0.717) is 13.2 Å². The number of hydrogen-bond donors (Lipinski definition) is 1. The zero-order valence-electron chi connectivity index (χ0n) is 12.6. The van der Waals surface area contributed by atoms with Gasteiger partial charge in [0.15, 0.2) is 6.10 Å². The molecule has 1 heterocycles. The van der Waals surface area contributed by atoms with Gasteiger partial charge < -0.3 is 14.8 Å². The number of benzene rings is 2. The maximum absolute atomic E-state index is 13.6. The highest BCUT2D eigenvalue weighted by atomic mass is 19.1. The monoisotopic (exact) mass is 301 g/mol. The molecule has 1 N–H and O–H groups in total. The van der Waals surface area contributed by atoms with Gasteiger partial charge in [-0.3, -0.25) is 0 Å². The summed E-state index contributed by atoms with van der Waals surface area (Å²) in [4.78, 5) is 0. The Morgan fingerprint density at radius 2 is 2.09 bits per heavy atom. The Morgan fingerprint density at radius 1 is 1.23 bits per heavy atom. The highest BCUT2D eigenvalue weighted by Gasteiger charge is 2.28. The average Bonchev–Trinajstić information content (AvgIpc) is 2.55. The molecule has 1 aliphatic rings. The number of morpholine rings is 1. The number of aryl methyl sites for hydroxylation is 1. The lowest BCUT2D eigenvalue weighted by Crippen LogP contribution is -2.43. The lowest BCUT2D eigenvalue weighted by Gasteiger charge is -2.32. The van der Waals surface area contributed by atoms with Crippen LogP contribution in [0.15, 0.2) is 48.5 Å². The van der Waals surface area contributed by atoms with Gasteiger partial charge in [0.05, 0.1) is 6.61 Å². The molecule has 1 fully saturated rings. The first-order chi connectivity index (χ1) is 10.7. The first-order valence-corrected chi connectivity index (χ1v) is 7.54. The molecule has 1 aliphatic heterocycles. The van der Waals surface area contributed by atoms with Crippen molar-refractivity contribution in [2.24, 2.45) is 0 Å². The standard InChI is InChI=1S/C18H20FNO2/c1-13-5-2-3-8-16(13)22-18(17-12-20-9-10-21-17)14-6-4-7-15(19)11-14/h2-8,11,17-18,20H,9-10,12H2,1H3. The maximum atomic E-state index is 13.6. The smallest absolute Gasteiger partial charge is 0.151 e. The summed E-state index contributed by atoms with van der Waals surface area (Å²) < 4.78 is 25.6. The molecule has 3 rings (SSSR count). The number of para-hydroxylation sites is 1. The lowest BCUT2D eigenvalue weighted by molar-refractivity contribution is -0.0435. The van der Waals surface area contributed by atoms with Crippen molar-refractivity contribution in [3.63, 3.8) is 0 Å². The molecule has 4 heteroatoms. The van der Waals surface area contributed by atoms with Crippen molar-refractivity contribution in [1.29, 1.82) is 0 Å². The second kappa shape index (κ2) is 6.90. The SMILES string of the molecule is Cc1ccccc1OC(c1cccc(F)c1)C1CNCCO1. The minimum Gasteiger partial charge on any atom is -0.483 e. The molecule has 0 radical (unpaired) electrons. The van der Waals surface area contributed by atoms with E-state index in [4.69, 9.17) is 9.47 Å². The number of ether oxygens (including phenoxy) is 2. The third kappa shape index (κ3) is 3.46. The quantitative estimate of drug-likeness (QED) is 0.940. The molecule has 0 aromatic heterocycles. The Hall–Kier alpha value is -1.91. The average molecular weight is 301 g/mol. The number of rotatable bonds is 4. The van der Waals surface area contributed by atoms with Crippen LogP contribution in [0.3, 0.4) is 0 Å². The Morgan fingerprint density at radius 3 is 2.82 bits per heavy atom. The van der Waals surface area contributed by atoms with Crippen LogP contribution in [0.2, 0.25) is 0 Å². The zero-order chi connectivity index (χ0) is 15.4. The minimum atomic E-state index is -0.343. The lowest BCUT2D eigenvalue weighted by atomic mass is 10.0. The van der Waals surface area contributed by atoms with Crippen LogP contribution in [0.25, 0.3) is 0 Å². The highest BCUT2D eigenvalue weighted by Crippen LogP contribution is 2.29. The van der Waals surface area contributed by atoms with Crippen LogP contribution < -0.4 is 10.1 Å². The van der Waals surface area contributed by atoms with E-state index in [-0.39, 0.29) is 18.0 Å². The number of halogens is 1. The summed E-state index contributed by atoms with van der Waals surface area (Å²) >= 11 is 0. The van der Waals surface area contributed by atoms with E-state index in [1.807, 2.05) is 37.3 Å². The van der Waals surface area contributed by atoms with Crippen LogP contribution in [-0.4, -0.2) is 25.8 Å². The van der Waals surface area contributed by atoms with Gasteiger partial charge in [-0.2, -0.15) is 0 Å². The molecule has 0 aliphatic carbocycles. The molecular formula is C18H20FNO2. The number of nitrogens with one attached hydrogen (secondary N) is 1. The summed E-state index contributed by atoms with van der Waals surface area (Å²) in [5, 5.41) is 3.30. The van der Waals surface area contributed by atoms with Crippen LogP contribution in [0, 0.1) is 12.7 Å². The van der Waals surface area contributed by atoms with E-state index >= 15 is 0 Å². The minimum absolute atomic E-state index is 0.143. The Labute approximate surface area is 130 Å². The topological polar surface area (TPSA) is 30.5 Å². The first-order valence-electron chi connectivity index (χ1n) is 7.54. The molecule has 2 aromatic carbocycles. The Balaban J connectivity index is 1.90. The second-order valence-corrected chi connectivity index (χ2v) is 5.47. The van der Waals surface area contributed by atoms with Gasteiger partial charge in [-0.1, -0.05) is 30.3 Å². The molecule has 2 aromatic rings. The van der Waals surface area contributed by atoms with E-state index in [2.05, 4.69) is 5.32 Å². The van der Waals surface area contributed by atoms with Crippen molar-refractivity contribution in [2.75, 3.05) is 19.7 Å². The van der Waals surface area contributed by atoms with Gasteiger partial charge >= 0.3 is 0 Å². The summed E-state index contributed by atoms with van der Waals surface area (Å²) in [6, 6.07) is 14.4. The molecule has 1 saturated heterocycles. The van der Waals surface area contributed by atoms with Gasteiger partial charge in [0, 0.05) is 13.1 Å². The molecule has 0 amide bonds. The van der Waals surface area contributed by atoms with Crippen molar-refractivity contribution >= 4 is 0 Å². The molecule has 22 heavy (non-hydrogen) atoms. The van der Waals surface area contributed by atoms with Gasteiger partial charge in [0.25, 0.3) is 0 Å². The molecule has 116 valence electrons. The van der Waals surface area contributed by atoms with Crippen LogP contribution in [0.4, 0.5) is 4.39 Å². The van der Waals surface area contributed by atoms with Gasteiger partial charge in [-0.05, 0) is 36.2 Å². The van der Waals surface area contributed by atoms with Crippen molar-refractivity contribution < 1.29 is 13.9 Å². The highest BCUT2D eigenvalue weighted by molar-refractivity contribution is 5.33. The summed E-state index contributed by atoms with van der Waals surface area (Å²) in [5.41, 5.74) is 1.84. The maximum Gasteiger partial charge on any atom is 0.151 e. The summed E-state index contributed by atoms with van der Waals surface area (Å²) in [6.45, 7) is 4.15. The van der Waals surface area contributed by atoms with E-state index < -0.39 is 0 Å². The first kappa shape index (κ1) is 15.0. The predicted octanol–water partition coefficient (Wildman–Crippen LogP) is 3.24. The van der Waals surface area contributed by atoms with Crippen LogP contribution >= 0.6 is 0 Å². The third-order valence-electron chi connectivity index (χ3n) is 3.82. The molecule has 0 saturated carbocycles. The Bertz CT molecular complexity index is 626. The van der Waals surface area contributed by atoms with E-state index in [0.717, 1.165) is 23.4 Å². The molecular weight excluding hydrogens is 281 g/mol. The van der Waals surface area contributed by atoms with Gasteiger partial charge in [-0.15, -0.1) is 0 Å². The molecule has 0 bridgehead atoms. The van der Waals surface area contributed by atoms with Gasteiger partial charge in [0.1, 0.15) is 17.7 Å². The van der Waals surface area contributed by atoms with Crippen LogP contribution in [0.1, 0.15) is 17.2 Å². The third-order valence-corrected chi connectivity index (χ3v) is 3.82. The summed E-state index contributed by atoms with van der Waals surface area (Å²) in [7, 11) is 0. The molecule has 0 spiro atoms. The number of hydrogen-bond acceptors (Lipinski definition) is 3. The fourth-order valence-corrected chi connectivity index (χ4v) is 2.65. The van der Waals surface area contributed by atoms with Crippen molar-refractivity contribution in [3.05, 3.63) is 65.5 Å². The normalized spacial score (nSPS) is 19.6. The zero-order valence-corrected chi connectivity index (χ0v) is 12.6. The van der Waals surface area contributed by atoms with E-state index in [1.165, 1.54) is 12.1 Å². The fourth-order valence-electron chi connectivity index (χ4n) is 2.65.